The van der Waals surface area contributed by atoms with E-state index in [1.165, 1.54) is 33.4 Å². The molecule has 1 aliphatic carbocycles. The number of benzene rings is 2. The van der Waals surface area contributed by atoms with Crippen LogP contribution in [0, 0.1) is 19.3 Å². The van der Waals surface area contributed by atoms with E-state index >= 15 is 0 Å². The minimum Gasteiger partial charge on any atom is -0.0767 e. The maximum absolute atomic E-state index is 2.44. The largest absolute Gasteiger partial charge is 0.0767 e. The van der Waals surface area contributed by atoms with Gasteiger partial charge in [-0.1, -0.05) is 98.2 Å². The first-order valence-electron chi connectivity index (χ1n) is 8.89. The Morgan fingerprint density at radius 3 is 1.79 bits per heavy atom. The molecule has 124 valence electrons. The highest BCUT2D eigenvalue weighted by molar-refractivity contribution is 5.49. The predicted octanol–water partition coefficient (Wildman–Crippen LogP) is 6.74. The monoisotopic (exact) mass is 316 g/mol. The number of allylic oxidation sites excluding steroid dienone is 4. The van der Waals surface area contributed by atoms with Crippen molar-refractivity contribution in [1.82, 2.24) is 0 Å². The maximum atomic E-state index is 2.44. The first-order valence-corrected chi connectivity index (χ1v) is 8.89. The minimum absolute atomic E-state index is 0.214. The van der Waals surface area contributed by atoms with Gasteiger partial charge < -0.3 is 0 Å². The molecule has 0 fully saturated rings. The Labute approximate surface area is 146 Å². The number of hydrogen-bond donors (Lipinski definition) is 0. The lowest BCUT2D eigenvalue weighted by Crippen LogP contribution is -2.07. The molecule has 0 heterocycles. The smallest absolute Gasteiger partial charge is 0.0305 e. The standard InChI is InChI=1S/C24H28/c1-17-8-6-10-19(14-17)23(20-11-7-9-18(2)15-20)21-12-13-22(16-21)24(3,4)5/h6-11,13-16,23H,12H2,1-5H3. The molecule has 24 heavy (non-hydrogen) atoms. The highest BCUT2D eigenvalue weighted by Gasteiger charge is 2.25. The second kappa shape index (κ2) is 6.43. The van der Waals surface area contributed by atoms with Crippen LogP contribution in [0.4, 0.5) is 0 Å². The van der Waals surface area contributed by atoms with E-state index in [-0.39, 0.29) is 5.41 Å². The summed E-state index contributed by atoms with van der Waals surface area (Å²) in [7, 11) is 0. The van der Waals surface area contributed by atoms with Crippen molar-refractivity contribution in [2.24, 2.45) is 5.41 Å². The molecule has 0 unspecified atom stereocenters. The van der Waals surface area contributed by atoms with Crippen molar-refractivity contribution in [3.8, 4) is 0 Å². The van der Waals surface area contributed by atoms with Crippen LogP contribution >= 0.6 is 0 Å². The highest BCUT2D eigenvalue weighted by atomic mass is 14.3. The second-order valence-corrected chi connectivity index (χ2v) is 8.09. The molecule has 2 aromatic carbocycles. The van der Waals surface area contributed by atoms with Crippen LogP contribution in [0.15, 0.2) is 71.8 Å². The van der Waals surface area contributed by atoms with Crippen LogP contribution in [0.3, 0.4) is 0 Å². The van der Waals surface area contributed by atoms with E-state index in [0.29, 0.717) is 5.92 Å². The van der Waals surface area contributed by atoms with Crippen molar-refractivity contribution < 1.29 is 0 Å². The van der Waals surface area contributed by atoms with Crippen molar-refractivity contribution in [3.63, 3.8) is 0 Å². The summed E-state index contributed by atoms with van der Waals surface area (Å²) in [6.07, 6.45) is 5.91. The summed E-state index contributed by atoms with van der Waals surface area (Å²) in [6.45, 7) is 11.3. The van der Waals surface area contributed by atoms with Crippen LogP contribution in [0.1, 0.15) is 55.4 Å². The zero-order valence-electron chi connectivity index (χ0n) is 15.6. The molecule has 0 amide bonds. The molecule has 0 aromatic heterocycles. The van der Waals surface area contributed by atoms with Gasteiger partial charge in [0, 0.05) is 5.92 Å². The van der Waals surface area contributed by atoms with E-state index in [0.717, 1.165) is 6.42 Å². The zero-order chi connectivity index (χ0) is 17.3. The quantitative estimate of drug-likeness (QED) is 0.588. The fourth-order valence-electron chi connectivity index (χ4n) is 3.59. The lowest BCUT2D eigenvalue weighted by atomic mass is 9.82. The summed E-state index contributed by atoms with van der Waals surface area (Å²) >= 11 is 0. The fourth-order valence-corrected chi connectivity index (χ4v) is 3.59. The van der Waals surface area contributed by atoms with Gasteiger partial charge in [0.15, 0.2) is 0 Å². The van der Waals surface area contributed by atoms with Crippen LogP contribution in [0.25, 0.3) is 0 Å². The molecule has 0 heteroatoms. The number of aryl methyl sites for hydroxylation is 2. The summed E-state index contributed by atoms with van der Waals surface area (Å²) in [4.78, 5) is 0. The van der Waals surface area contributed by atoms with Gasteiger partial charge >= 0.3 is 0 Å². The Bertz CT molecular complexity index is 751. The van der Waals surface area contributed by atoms with Crippen molar-refractivity contribution in [1.29, 1.82) is 0 Å². The molecular formula is C24H28. The summed E-state index contributed by atoms with van der Waals surface area (Å²) in [5.74, 6) is 0.348. The van der Waals surface area contributed by atoms with Gasteiger partial charge in [0.05, 0.1) is 0 Å². The molecule has 0 nitrogen and oxygen atoms in total. The van der Waals surface area contributed by atoms with Gasteiger partial charge in [-0.05, 0) is 42.4 Å². The topological polar surface area (TPSA) is 0 Å². The van der Waals surface area contributed by atoms with Crippen LogP contribution in [0.5, 0.6) is 0 Å². The molecule has 0 atom stereocenters. The van der Waals surface area contributed by atoms with Gasteiger partial charge in [0.2, 0.25) is 0 Å². The van der Waals surface area contributed by atoms with Crippen LogP contribution < -0.4 is 0 Å². The average molecular weight is 316 g/mol. The third-order valence-electron chi connectivity index (χ3n) is 4.89. The number of hydrogen-bond acceptors (Lipinski definition) is 0. The minimum atomic E-state index is 0.214. The number of rotatable bonds is 3. The molecule has 0 aliphatic heterocycles. The Morgan fingerprint density at radius 2 is 1.38 bits per heavy atom. The Hall–Kier alpha value is -2.08. The summed E-state index contributed by atoms with van der Waals surface area (Å²) in [5.41, 5.74) is 8.64. The maximum Gasteiger partial charge on any atom is 0.0305 e. The fraction of sp³-hybridized carbons (Fsp3) is 0.333. The van der Waals surface area contributed by atoms with Gasteiger partial charge in [-0.3, -0.25) is 0 Å². The van der Waals surface area contributed by atoms with Crippen LogP contribution in [-0.4, -0.2) is 0 Å². The van der Waals surface area contributed by atoms with Gasteiger partial charge in [0.1, 0.15) is 0 Å². The van der Waals surface area contributed by atoms with Crippen molar-refractivity contribution >= 4 is 0 Å². The molecule has 2 aromatic rings. The lowest BCUT2D eigenvalue weighted by molar-refractivity contribution is 0.517. The van der Waals surface area contributed by atoms with E-state index in [2.05, 4.69) is 95.3 Å². The summed E-state index contributed by atoms with van der Waals surface area (Å²) < 4.78 is 0. The Morgan fingerprint density at radius 1 is 0.833 bits per heavy atom. The first kappa shape index (κ1) is 16.8. The molecule has 0 saturated carbocycles. The van der Waals surface area contributed by atoms with Crippen LogP contribution in [0.2, 0.25) is 0 Å². The average Bonchev–Trinajstić information content (AvgIpc) is 2.97. The zero-order valence-corrected chi connectivity index (χ0v) is 15.6. The third-order valence-corrected chi connectivity index (χ3v) is 4.89. The Balaban J connectivity index is 2.07. The van der Waals surface area contributed by atoms with E-state index in [1.54, 1.807) is 0 Å². The second-order valence-electron chi connectivity index (χ2n) is 8.09. The molecular weight excluding hydrogens is 288 g/mol. The summed E-state index contributed by atoms with van der Waals surface area (Å²) in [6, 6.07) is 17.9. The molecule has 0 saturated heterocycles. The SMILES string of the molecule is Cc1cccc(C(C2=CC(C(C)(C)C)=CC2)c2cccc(C)c2)c1. The molecule has 0 bridgehead atoms. The van der Waals surface area contributed by atoms with Crippen molar-refractivity contribution in [2.75, 3.05) is 0 Å². The molecule has 0 N–H and O–H groups in total. The van der Waals surface area contributed by atoms with E-state index in [9.17, 15) is 0 Å². The summed E-state index contributed by atoms with van der Waals surface area (Å²) in [5, 5.41) is 0. The van der Waals surface area contributed by atoms with E-state index in [4.69, 9.17) is 0 Å². The highest BCUT2D eigenvalue weighted by Crippen LogP contribution is 2.41. The predicted molar refractivity (Wildman–Crippen MR) is 104 cm³/mol. The van der Waals surface area contributed by atoms with Gasteiger partial charge in [0.25, 0.3) is 0 Å². The van der Waals surface area contributed by atoms with Gasteiger partial charge in [-0.2, -0.15) is 0 Å². The van der Waals surface area contributed by atoms with Crippen LogP contribution in [-0.2, 0) is 0 Å². The lowest BCUT2D eigenvalue weighted by Gasteiger charge is -2.22. The van der Waals surface area contributed by atoms with Gasteiger partial charge in [-0.15, -0.1) is 0 Å². The van der Waals surface area contributed by atoms with E-state index in [1.807, 2.05) is 0 Å². The van der Waals surface area contributed by atoms with Gasteiger partial charge in [-0.25, -0.2) is 0 Å². The third kappa shape index (κ3) is 3.53. The first-order chi connectivity index (χ1) is 11.3. The Kier molecular flexibility index (Phi) is 4.49. The molecule has 0 spiro atoms. The molecule has 1 aliphatic rings. The van der Waals surface area contributed by atoms with Crippen molar-refractivity contribution in [3.05, 3.63) is 94.1 Å². The van der Waals surface area contributed by atoms with Crippen molar-refractivity contribution in [2.45, 2.75) is 47.0 Å². The normalized spacial score (nSPS) is 14.8. The molecule has 0 radical (unpaired) electrons. The molecule has 3 rings (SSSR count). The van der Waals surface area contributed by atoms with E-state index < -0.39 is 0 Å².